The van der Waals surface area contributed by atoms with Crippen LogP contribution in [-0.4, -0.2) is 29.1 Å². The van der Waals surface area contributed by atoms with E-state index in [-0.39, 0.29) is 16.0 Å². The maximum Gasteiger partial charge on any atom is 0.265 e. The molecule has 0 aliphatic carbocycles. The molecule has 1 N–H and O–H groups in total. The van der Waals surface area contributed by atoms with Crippen LogP contribution in [0.2, 0.25) is 0 Å². The van der Waals surface area contributed by atoms with Crippen molar-refractivity contribution in [2.24, 2.45) is 0 Å². The second-order valence-electron chi connectivity index (χ2n) is 5.04. The number of benzene rings is 1. The molecule has 3 rings (SSSR count). The van der Waals surface area contributed by atoms with E-state index in [2.05, 4.69) is 26.0 Å². The normalized spacial score (nSPS) is 10.9. The number of hydrogen-bond donors (Lipinski definition) is 1. The summed E-state index contributed by atoms with van der Waals surface area (Å²) >= 11 is 3.12. The molecule has 2 aromatic heterocycles. The van der Waals surface area contributed by atoms with Crippen LogP contribution in [0.5, 0.6) is 0 Å². The van der Waals surface area contributed by atoms with E-state index in [0.717, 1.165) is 0 Å². The van der Waals surface area contributed by atoms with E-state index in [4.69, 9.17) is 5.26 Å². The van der Waals surface area contributed by atoms with Gasteiger partial charge in [0.15, 0.2) is 5.82 Å². The molecule has 0 radical (unpaired) electrons. The Morgan fingerprint density at radius 2 is 2.04 bits per heavy atom. The zero-order valence-corrected chi connectivity index (χ0v) is 15.4. The monoisotopic (exact) mass is 431 g/mol. The maximum atomic E-state index is 12.4. The number of aromatic nitrogens is 3. The maximum absolute atomic E-state index is 12.4. The van der Waals surface area contributed by atoms with Crippen molar-refractivity contribution in [1.82, 2.24) is 19.5 Å². The highest BCUT2D eigenvalue weighted by molar-refractivity contribution is 9.10. The van der Waals surface area contributed by atoms with Crippen molar-refractivity contribution in [3.05, 3.63) is 70.6 Å². The van der Waals surface area contributed by atoms with E-state index in [1.807, 2.05) is 10.8 Å². The van der Waals surface area contributed by atoms with Gasteiger partial charge in [-0.2, -0.15) is 10.4 Å². The number of carbonyl (C=O) groups excluding carboxylic acids is 1. The van der Waals surface area contributed by atoms with Crippen LogP contribution in [0.1, 0.15) is 15.9 Å². The number of nitrogens with one attached hydrogen (secondary N) is 1. The quantitative estimate of drug-likeness (QED) is 0.674. The van der Waals surface area contributed by atoms with E-state index < -0.39 is 15.9 Å². The average Bonchev–Trinajstić information content (AvgIpc) is 3.16. The Bertz CT molecular complexity index is 1120. The van der Waals surface area contributed by atoms with Gasteiger partial charge >= 0.3 is 0 Å². The molecule has 0 spiro atoms. The Morgan fingerprint density at radius 3 is 2.69 bits per heavy atom. The van der Waals surface area contributed by atoms with E-state index in [9.17, 15) is 13.2 Å². The lowest BCUT2D eigenvalue weighted by Crippen LogP contribution is -2.30. The molecule has 0 aliphatic rings. The fourth-order valence-electron chi connectivity index (χ4n) is 2.08. The second-order valence-corrected chi connectivity index (χ2v) is 7.58. The third-order valence-electron chi connectivity index (χ3n) is 3.35. The summed E-state index contributed by atoms with van der Waals surface area (Å²) in [5.41, 5.74) is 0.398. The second kappa shape index (κ2) is 7.07. The molecule has 0 saturated heterocycles. The summed E-state index contributed by atoms with van der Waals surface area (Å²) in [6, 6.07) is 10.3. The molecule has 0 atom stereocenters. The van der Waals surface area contributed by atoms with Gasteiger partial charge in [0.25, 0.3) is 15.9 Å². The molecule has 0 fully saturated rings. The summed E-state index contributed by atoms with van der Waals surface area (Å²) in [5.74, 6) is -0.428. The van der Waals surface area contributed by atoms with E-state index >= 15 is 0 Å². The van der Waals surface area contributed by atoms with Crippen molar-refractivity contribution < 1.29 is 13.2 Å². The molecule has 0 unspecified atom stereocenters. The zero-order valence-electron chi connectivity index (χ0n) is 13.0. The van der Waals surface area contributed by atoms with Gasteiger partial charge in [-0.05, 0) is 52.3 Å². The number of pyridine rings is 1. The van der Waals surface area contributed by atoms with Crippen LogP contribution < -0.4 is 4.72 Å². The van der Waals surface area contributed by atoms with Gasteiger partial charge in [-0.15, -0.1) is 0 Å². The average molecular weight is 432 g/mol. The van der Waals surface area contributed by atoms with Gasteiger partial charge in [0.1, 0.15) is 6.07 Å². The number of hydrogen-bond acceptors (Lipinski definition) is 6. The lowest BCUT2D eigenvalue weighted by Gasteiger charge is -2.08. The van der Waals surface area contributed by atoms with Gasteiger partial charge in [-0.3, -0.25) is 4.79 Å². The highest BCUT2D eigenvalue weighted by Gasteiger charge is 2.20. The van der Waals surface area contributed by atoms with Crippen LogP contribution in [-0.2, 0) is 10.0 Å². The Morgan fingerprint density at radius 1 is 1.23 bits per heavy atom. The van der Waals surface area contributed by atoms with Gasteiger partial charge < -0.3 is 0 Å². The minimum absolute atomic E-state index is 0.113. The zero-order chi connectivity index (χ0) is 18.7. The third kappa shape index (κ3) is 3.63. The molecule has 1 aromatic carbocycles. The molecule has 0 saturated carbocycles. The number of sulfonamides is 1. The SMILES string of the molecule is N#Cc1ccc(S(=O)(=O)NC(=O)c2ccnc(-n3cccn3)c2)cc1Br. The van der Waals surface area contributed by atoms with Crippen molar-refractivity contribution in [3.63, 3.8) is 0 Å². The van der Waals surface area contributed by atoms with E-state index in [1.54, 1.807) is 18.5 Å². The van der Waals surface area contributed by atoms with Gasteiger partial charge in [0.05, 0.1) is 10.5 Å². The molecular formula is C16H10BrN5O3S. The first-order valence-corrected chi connectivity index (χ1v) is 9.41. The first-order valence-electron chi connectivity index (χ1n) is 7.13. The topological polar surface area (TPSA) is 118 Å². The van der Waals surface area contributed by atoms with Gasteiger partial charge in [-0.1, -0.05) is 0 Å². The van der Waals surface area contributed by atoms with Crippen LogP contribution in [0.4, 0.5) is 0 Å². The van der Waals surface area contributed by atoms with Crippen LogP contribution >= 0.6 is 15.9 Å². The Hall–Kier alpha value is -3.03. The molecule has 26 heavy (non-hydrogen) atoms. The van der Waals surface area contributed by atoms with Gasteiger partial charge in [-0.25, -0.2) is 22.8 Å². The molecule has 0 aliphatic heterocycles. The number of nitrogens with zero attached hydrogens (tertiary/aromatic N) is 4. The highest BCUT2D eigenvalue weighted by Crippen LogP contribution is 2.21. The molecule has 130 valence electrons. The Kier molecular flexibility index (Phi) is 4.83. The van der Waals surface area contributed by atoms with Crippen molar-refractivity contribution in [1.29, 1.82) is 5.26 Å². The van der Waals surface area contributed by atoms with Crippen LogP contribution in [0.25, 0.3) is 5.82 Å². The molecule has 1 amide bonds. The smallest absolute Gasteiger partial charge is 0.265 e. The van der Waals surface area contributed by atoms with Crippen molar-refractivity contribution >= 4 is 31.9 Å². The number of rotatable bonds is 4. The predicted molar refractivity (Wildman–Crippen MR) is 94.9 cm³/mol. The van der Waals surface area contributed by atoms with E-state index in [1.165, 1.54) is 41.2 Å². The van der Waals surface area contributed by atoms with Gasteiger partial charge in [0, 0.05) is 28.6 Å². The minimum atomic E-state index is -4.10. The largest absolute Gasteiger partial charge is 0.268 e. The highest BCUT2D eigenvalue weighted by atomic mass is 79.9. The number of nitriles is 1. The Balaban J connectivity index is 1.86. The van der Waals surface area contributed by atoms with Gasteiger partial charge in [0.2, 0.25) is 0 Å². The lowest BCUT2D eigenvalue weighted by molar-refractivity contribution is 0.0981. The molecule has 8 nitrogen and oxygen atoms in total. The standard InChI is InChI=1S/C16H10BrN5O3S/c17-14-9-13(3-2-12(14)10-18)26(24,25)21-16(23)11-4-6-19-15(8-11)22-7-1-5-20-22/h1-9H,(H,21,23). The van der Waals surface area contributed by atoms with Crippen LogP contribution in [0.15, 0.2) is 64.4 Å². The molecular weight excluding hydrogens is 422 g/mol. The molecule has 0 bridgehead atoms. The van der Waals surface area contributed by atoms with Crippen LogP contribution in [0, 0.1) is 11.3 Å². The molecule has 10 heteroatoms. The summed E-state index contributed by atoms with van der Waals surface area (Å²) in [5, 5.41) is 12.9. The summed E-state index contributed by atoms with van der Waals surface area (Å²) in [4.78, 5) is 16.3. The summed E-state index contributed by atoms with van der Waals surface area (Å²) in [6.45, 7) is 0. The predicted octanol–water partition coefficient (Wildman–Crippen LogP) is 2.02. The van der Waals surface area contributed by atoms with E-state index in [0.29, 0.717) is 10.3 Å². The minimum Gasteiger partial charge on any atom is -0.268 e. The fourth-order valence-corrected chi connectivity index (χ4v) is 3.70. The first-order chi connectivity index (χ1) is 12.4. The number of halogens is 1. The first kappa shape index (κ1) is 17.8. The third-order valence-corrected chi connectivity index (χ3v) is 5.33. The lowest BCUT2D eigenvalue weighted by atomic mass is 10.2. The van der Waals surface area contributed by atoms with Crippen LogP contribution in [0.3, 0.4) is 0 Å². The van der Waals surface area contributed by atoms with Crippen molar-refractivity contribution in [2.75, 3.05) is 0 Å². The summed E-state index contributed by atoms with van der Waals surface area (Å²) in [6.07, 6.45) is 4.59. The fraction of sp³-hybridized carbons (Fsp3) is 0. The molecule has 3 aromatic rings. The number of carbonyl (C=O) groups is 1. The number of amides is 1. The van der Waals surface area contributed by atoms with Crippen molar-refractivity contribution in [3.8, 4) is 11.9 Å². The Labute approximate surface area is 157 Å². The molecule has 2 heterocycles. The summed E-state index contributed by atoms with van der Waals surface area (Å²) in [7, 11) is -4.10. The summed E-state index contributed by atoms with van der Waals surface area (Å²) < 4.78 is 28.6. The van der Waals surface area contributed by atoms with Crippen molar-refractivity contribution in [2.45, 2.75) is 4.90 Å².